The third-order valence-corrected chi connectivity index (χ3v) is 5.83. The zero-order valence-corrected chi connectivity index (χ0v) is 17.3. The van der Waals surface area contributed by atoms with Crippen molar-refractivity contribution in [2.24, 2.45) is 5.92 Å². The molecule has 0 aliphatic rings. The molecule has 2 atom stereocenters. The molecule has 0 unspecified atom stereocenters. The van der Waals surface area contributed by atoms with Crippen molar-refractivity contribution in [3.05, 3.63) is 61.2 Å². The number of aromatic amines is 1. The number of rotatable bonds is 5. The Kier molecular flexibility index (Phi) is 4.66. The molecule has 0 aliphatic carbocycles. The average molecular weight is 430 g/mol. The van der Waals surface area contributed by atoms with Crippen LogP contribution in [0.15, 0.2) is 55.4 Å². The SMILES string of the molecule is C[C@H](C(=O)O)[C@H](C)n1cc(-c2cccnc2)c2cnc(-c3c[nH]c4ncc(F)cc34)nc21. The van der Waals surface area contributed by atoms with Gasteiger partial charge >= 0.3 is 5.97 Å². The molecule has 0 amide bonds. The van der Waals surface area contributed by atoms with Crippen LogP contribution in [-0.2, 0) is 4.79 Å². The monoisotopic (exact) mass is 430 g/mol. The summed E-state index contributed by atoms with van der Waals surface area (Å²) < 4.78 is 15.7. The van der Waals surface area contributed by atoms with Crippen molar-refractivity contribution < 1.29 is 14.3 Å². The number of nitrogens with one attached hydrogen (secondary N) is 1. The van der Waals surface area contributed by atoms with E-state index in [2.05, 4.69) is 19.9 Å². The molecule has 5 aromatic rings. The Morgan fingerprint density at radius 1 is 1.16 bits per heavy atom. The van der Waals surface area contributed by atoms with E-state index in [9.17, 15) is 14.3 Å². The number of hydrogen-bond donors (Lipinski definition) is 2. The maximum atomic E-state index is 13.8. The Balaban J connectivity index is 1.74. The molecule has 0 saturated heterocycles. The maximum absolute atomic E-state index is 13.8. The first-order valence-corrected chi connectivity index (χ1v) is 10.1. The van der Waals surface area contributed by atoms with E-state index in [-0.39, 0.29) is 6.04 Å². The molecule has 0 radical (unpaired) electrons. The van der Waals surface area contributed by atoms with Crippen molar-refractivity contribution in [3.8, 4) is 22.5 Å². The summed E-state index contributed by atoms with van der Waals surface area (Å²) in [4.78, 5) is 32.2. The number of aliphatic carboxylic acids is 1. The second-order valence-electron chi connectivity index (χ2n) is 7.74. The fourth-order valence-electron chi connectivity index (χ4n) is 3.83. The topological polar surface area (TPSA) is 110 Å². The molecule has 9 heteroatoms. The van der Waals surface area contributed by atoms with Crippen molar-refractivity contribution in [1.29, 1.82) is 0 Å². The van der Waals surface area contributed by atoms with Gasteiger partial charge in [-0.05, 0) is 26.0 Å². The van der Waals surface area contributed by atoms with Crippen LogP contribution >= 0.6 is 0 Å². The summed E-state index contributed by atoms with van der Waals surface area (Å²) in [6.45, 7) is 3.51. The first-order chi connectivity index (χ1) is 15.4. The molecule has 0 aromatic carbocycles. The highest BCUT2D eigenvalue weighted by atomic mass is 19.1. The summed E-state index contributed by atoms with van der Waals surface area (Å²) in [6, 6.07) is 4.78. The highest BCUT2D eigenvalue weighted by Crippen LogP contribution is 2.35. The fourth-order valence-corrected chi connectivity index (χ4v) is 3.83. The van der Waals surface area contributed by atoms with Crippen LogP contribution in [0.3, 0.4) is 0 Å². The summed E-state index contributed by atoms with van der Waals surface area (Å²) >= 11 is 0. The molecule has 0 spiro atoms. The lowest BCUT2D eigenvalue weighted by Crippen LogP contribution is -2.21. The predicted octanol–water partition coefficient (Wildman–Crippen LogP) is 4.46. The van der Waals surface area contributed by atoms with Gasteiger partial charge < -0.3 is 14.7 Å². The minimum absolute atomic E-state index is 0.370. The van der Waals surface area contributed by atoms with Crippen LogP contribution in [0.5, 0.6) is 0 Å². The number of aromatic nitrogens is 6. The van der Waals surface area contributed by atoms with Crippen molar-refractivity contribution in [1.82, 2.24) is 29.5 Å². The van der Waals surface area contributed by atoms with Gasteiger partial charge in [-0.15, -0.1) is 0 Å². The highest BCUT2D eigenvalue weighted by molar-refractivity contribution is 5.96. The second kappa shape index (κ2) is 7.52. The van der Waals surface area contributed by atoms with E-state index in [0.717, 1.165) is 22.7 Å². The summed E-state index contributed by atoms with van der Waals surface area (Å²) in [5, 5.41) is 10.9. The quantitative estimate of drug-likeness (QED) is 0.426. The lowest BCUT2D eigenvalue weighted by molar-refractivity contribution is -0.142. The third kappa shape index (κ3) is 3.18. The zero-order valence-electron chi connectivity index (χ0n) is 17.3. The summed E-state index contributed by atoms with van der Waals surface area (Å²) in [5.74, 6) is -1.60. The number of carboxylic acid groups (broad SMARTS) is 1. The number of halogens is 1. The summed E-state index contributed by atoms with van der Waals surface area (Å²) in [7, 11) is 0. The van der Waals surface area contributed by atoms with Crippen LogP contribution in [0, 0.1) is 11.7 Å². The molecular formula is C23H19FN6O2. The van der Waals surface area contributed by atoms with Gasteiger partial charge in [0.15, 0.2) is 5.82 Å². The van der Waals surface area contributed by atoms with Gasteiger partial charge in [-0.2, -0.15) is 0 Å². The van der Waals surface area contributed by atoms with E-state index in [1.54, 1.807) is 31.7 Å². The number of nitrogens with zero attached hydrogens (tertiary/aromatic N) is 5. The van der Waals surface area contributed by atoms with E-state index < -0.39 is 17.7 Å². The third-order valence-electron chi connectivity index (χ3n) is 5.83. The highest BCUT2D eigenvalue weighted by Gasteiger charge is 2.25. The van der Waals surface area contributed by atoms with Crippen LogP contribution in [-0.4, -0.2) is 40.6 Å². The van der Waals surface area contributed by atoms with E-state index in [1.807, 2.05) is 29.8 Å². The van der Waals surface area contributed by atoms with Crippen molar-refractivity contribution in [2.75, 3.05) is 0 Å². The minimum Gasteiger partial charge on any atom is -0.481 e. The van der Waals surface area contributed by atoms with Crippen molar-refractivity contribution in [2.45, 2.75) is 19.9 Å². The van der Waals surface area contributed by atoms with Gasteiger partial charge in [0.25, 0.3) is 0 Å². The Labute approximate surface area is 181 Å². The van der Waals surface area contributed by atoms with Gasteiger partial charge in [0.2, 0.25) is 0 Å². The first-order valence-electron chi connectivity index (χ1n) is 10.1. The molecular weight excluding hydrogens is 411 g/mol. The maximum Gasteiger partial charge on any atom is 0.308 e. The fraction of sp³-hybridized carbons (Fsp3) is 0.174. The standard InChI is InChI=1S/C23H19FN6O2/c1-12(23(31)32)13(2)30-11-19(14-4-3-5-25-7-14)18-10-28-21(29-22(18)30)17-9-27-20-16(17)6-15(24)8-26-20/h3-13H,1-2H3,(H,26,27)(H,31,32)/t12-,13-/m0/s1. The normalized spacial score (nSPS) is 13.5. The lowest BCUT2D eigenvalue weighted by Gasteiger charge is -2.18. The van der Waals surface area contributed by atoms with Crippen LogP contribution in [0.4, 0.5) is 4.39 Å². The van der Waals surface area contributed by atoms with Gasteiger partial charge in [-0.3, -0.25) is 9.78 Å². The average Bonchev–Trinajstić information content (AvgIpc) is 3.39. The Morgan fingerprint density at radius 3 is 2.75 bits per heavy atom. The molecule has 5 heterocycles. The van der Waals surface area contributed by atoms with Gasteiger partial charge in [-0.25, -0.2) is 19.3 Å². The first kappa shape index (κ1) is 19.8. The van der Waals surface area contributed by atoms with Crippen molar-refractivity contribution >= 4 is 28.0 Å². The number of carboxylic acids is 1. The van der Waals surface area contributed by atoms with Gasteiger partial charge in [0.1, 0.15) is 17.1 Å². The van der Waals surface area contributed by atoms with Gasteiger partial charge in [-0.1, -0.05) is 6.07 Å². The molecule has 0 fully saturated rings. The van der Waals surface area contributed by atoms with E-state index in [4.69, 9.17) is 4.98 Å². The Morgan fingerprint density at radius 2 is 2.00 bits per heavy atom. The molecule has 2 N–H and O–H groups in total. The van der Waals surface area contributed by atoms with Crippen LogP contribution in [0.2, 0.25) is 0 Å². The second-order valence-corrected chi connectivity index (χ2v) is 7.74. The van der Waals surface area contributed by atoms with Crippen LogP contribution < -0.4 is 0 Å². The Hall–Kier alpha value is -4.14. The van der Waals surface area contributed by atoms with E-state index in [0.29, 0.717) is 28.1 Å². The number of H-pyrrole nitrogens is 1. The minimum atomic E-state index is -0.894. The molecule has 0 bridgehead atoms. The Bertz CT molecular complexity index is 1460. The number of hydrogen-bond acceptors (Lipinski definition) is 5. The molecule has 5 rings (SSSR count). The molecule has 0 saturated carbocycles. The number of fused-ring (bicyclic) bond motifs is 2. The van der Waals surface area contributed by atoms with Crippen LogP contribution in [0.1, 0.15) is 19.9 Å². The van der Waals surface area contributed by atoms with Gasteiger partial charge in [0, 0.05) is 64.5 Å². The summed E-state index contributed by atoms with van der Waals surface area (Å²) in [5.41, 5.74) is 3.47. The molecule has 5 aromatic heterocycles. The molecule has 160 valence electrons. The van der Waals surface area contributed by atoms with Crippen molar-refractivity contribution in [3.63, 3.8) is 0 Å². The van der Waals surface area contributed by atoms with E-state index in [1.165, 1.54) is 6.07 Å². The lowest BCUT2D eigenvalue weighted by atomic mass is 10.0. The smallest absolute Gasteiger partial charge is 0.308 e. The molecule has 8 nitrogen and oxygen atoms in total. The van der Waals surface area contributed by atoms with E-state index >= 15 is 0 Å². The number of pyridine rings is 2. The van der Waals surface area contributed by atoms with Gasteiger partial charge in [0.05, 0.1) is 12.1 Å². The molecule has 0 aliphatic heterocycles. The molecule has 32 heavy (non-hydrogen) atoms. The largest absolute Gasteiger partial charge is 0.481 e. The zero-order chi connectivity index (χ0) is 22.4. The summed E-state index contributed by atoms with van der Waals surface area (Å²) in [6.07, 6.45) is 9.87. The number of carbonyl (C=O) groups is 1. The van der Waals surface area contributed by atoms with Crippen LogP contribution in [0.25, 0.3) is 44.6 Å². The predicted molar refractivity (Wildman–Crippen MR) is 117 cm³/mol.